The molecule has 1 amide bonds. The molecule has 1 fully saturated rings. The van der Waals surface area contributed by atoms with Crippen molar-refractivity contribution in [1.29, 1.82) is 0 Å². The average Bonchev–Trinajstić information content (AvgIpc) is 3.39. The number of rotatable bonds is 7. The first kappa shape index (κ1) is 21.9. The van der Waals surface area contributed by atoms with Crippen molar-refractivity contribution in [3.8, 4) is 0 Å². The maximum absolute atomic E-state index is 12.8. The number of hydrogen-bond donors (Lipinski definition) is 1. The third kappa shape index (κ3) is 4.64. The summed E-state index contributed by atoms with van der Waals surface area (Å²) in [5.74, 6) is -0.577. The Hall–Kier alpha value is -3.29. The van der Waals surface area contributed by atoms with Crippen molar-refractivity contribution < 1.29 is 18.0 Å². The first-order valence-corrected chi connectivity index (χ1v) is 12.0. The largest absolute Gasteiger partial charge is 0.348 e. The van der Waals surface area contributed by atoms with Crippen LogP contribution in [-0.4, -0.2) is 37.5 Å². The average molecular weight is 449 g/mol. The Balaban J connectivity index is 1.45. The van der Waals surface area contributed by atoms with Crippen molar-refractivity contribution in [3.05, 3.63) is 101 Å². The van der Waals surface area contributed by atoms with Crippen LogP contribution in [0.15, 0.2) is 83.8 Å². The maximum Gasteiger partial charge on any atom is 0.252 e. The number of benzene rings is 3. The van der Waals surface area contributed by atoms with Crippen molar-refractivity contribution in [2.45, 2.75) is 24.3 Å². The summed E-state index contributed by atoms with van der Waals surface area (Å²) in [5.41, 5.74) is 1.92. The molecule has 32 heavy (non-hydrogen) atoms. The van der Waals surface area contributed by atoms with Gasteiger partial charge in [0, 0.05) is 30.8 Å². The van der Waals surface area contributed by atoms with E-state index in [9.17, 15) is 18.0 Å². The normalized spacial score (nSPS) is 14.2. The van der Waals surface area contributed by atoms with E-state index in [1.807, 2.05) is 6.07 Å². The van der Waals surface area contributed by atoms with Crippen molar-refractivity contribution in [3.63, 3.8) is 0 Å². The molecular formula is C25H24N2O4S. The van der Waals surface area contributed by atoms with E-state index in [1.165, 1.54) is 4.31 Å². The minimum Gasteiger partial charge on any atom is -0.348 e. The van der Waals surface area contributed by atoms with E-state index in [1.54, 1.807) is 72.8 Å². The minimum absolute atomic E-state index is 0.215. The summed E-state index contributed by atoms with van der Waals surface area (Å²) in [4.78, 5) is 25.9. The highest BCUT2D eigenvalue weighted by Crippen LogP contribution is 2.21. The van der Waals surface area contributed by atoms with Gasteiger partial charge >= 0.3 is 0 Å². The van der Waals surface area contributed by atoms with Crippen molar-refractivity contribution in [2.75, 3.05) is 13.1 Å². The van der Waals surface area contributed by atoms with Gasteiger partial charge in [0.1, 0.15) is 0 Å². The molecule has 0 bridgehead atoms. The third-order valence-corrected chi connectivity index (χ3v) is 7.44. The fourth-order valence-electron chi connectivity index (χ4n) is 3.76. The van der Waals surface area contributed by atoms with Gasteiger partial charge in [0.2, 0.25) is 10.0 Å². The number of ketones is 1. The van der Waals surface area contributed by atoms with Gasteiger partial charge < -0.3 is 5.32 Å². The zero-order valence-electron chi connectivity index (χ0n) is 17.5. The summed E-state index contributed by atoms with van der Waals surface area (Å²) in [7, 11) is -3.46. The summed E-state index contributed by atoms with van der Waals surface area (Å²) >= 11 is 0. The van der Waals surface area contributed by atoms with Gasteiger partial charge in [-0.3, -0.25) is 9.59 Å². The van der Waals surface area contributed by atoms with Crippen LogP contribution in [0.25, 0.3) is 0 Å². The number of sulfonamides is 1. The van der Waals surface area contributed by atoms with E-state index in [-0.39, 0.29) is 23.1 Å². The lowest BCUT2D eigenvalue weighted by atomic mass is 9.98. The van der Waals surface area contributed by atoms with Crippen molar-refractivity contribution in [2.24, 2.45) is 0 Å². The summed E-state index contributed by atoms with van der Waals surface area (Å²) in [6, 6.07) is 22.1. The zero-order chi connectivity index (χ0) is 22.6. The Morgan fingerprint density at radius 2 is 1.38 bits per heavy atom. The van der Waals surface area contributed by atoms with E-state index in [0.717, 1.165) is 18.4 Å². The van der Waals surface area contributed by atoms with Gasteiger partial charge in [-0.25, -0.2) is 8.42 Å². The summed E-state index contributed by atoms with van der Waals surface area (Å²) in [5, 5.41) is 2.82. The predicted octanol–water partition coefficient (Wildman–Crippen LogP) is 3.63. The molecule has 0 spiro atoms. The van der Waals surface area contributed by atoms with E-state index in [2.05, 4.69) is 5.32 Å². The van der Waals surface area contributed by atoms with Crippen LogP contribution in [0.5, 0.6) is 0 Å². The number of carbonyl (C=O) groups excluding carboxylic acids is 2. The lowest BCUT2D eigenvalue weighted by molar-refractivity contribution is 0.0939. The van der Waals surface area contributed by atoms with Gasteiger partial charge in [0.05, 0.1) is 10.5 Å². The number of amides is 1. The van der Waals surface area contributed by atoms with Crippen molar-refractivity contribution >= 4 is 21.7 Å². The first-order chi connectivity index (χ1) is 15.5. The second-order valence-corrected chi connectivity index (χ2v) is 9.62. The molecule has 1 aliphatic rings. The first-order valence-electron chi connectivity index (χ1n) is 10.5. The summed E-state index contributed by atoms with van der Waals surface area (Å²) in [6.07, 6.45) is 1.77. The van der Waals surface area contributed by atoms with Gasteiger partial charge in [-0.05, 0) is 36.6 Å². The van der Waals surface area contributed by atoms with Gasteiger partial charge in [0.25, 0.3) is 5.91 Å². The number of nitrogens with one attached hydrogen (secondary N) is 1. The second kappa shape index (κ2) is 9.46. The monoisotopic (exact) mass is 448 g/mol. The molecule has 6 nitrogen and oxygen atoms in total. The SMILES string of the molecule is O=C(NCc1ccc(S(=O)(=O)N2CCCC2)cc1)c1ccccc1C(=O)c1ccccc1. The molecule has 0 unspecified atom stereocenters. The molecule has 0 aliphatic carbocycles. The van der Waals surface area contributed by atoms with Gasteiger partial charge in [0.15, 0.2) is 5.78 Å². The number of carbonyl (C=O) groups is 2. The fraction of sp³-hybridized carbons (Fsp3) is 0.200. The Bertz CT molecular complexity index is 1220. The molecule has 0 aromatic heterocycles. The molecule has 3 aromatic carbocycles. The molecule has 3 aromatic rings. The minimum atomic E-state index is -3.46. The molecular weight excluding hydrogens is 424 g/mol. The van der Waals surface area contributed by atoms with Crippen LogP contribution in [0.2, 0.25) is 0 Å². The van der Waals surface area contributed by atoms with Crippen LogP contribution in [-0.2, 0) is 16.6 Å². The van der Waals surface area contributed by atoms with Crippen LogP contribution >= 0.6 is 0 Å². The topological polar surface area (TPSA) is 83.6 Å². The number of hydrogen-bond acceptors (Lipinski definition) is 4. The summed E-state index contributed by atoms with van der Waals surface area (Å²) in [6.45, 7) is 1.33. The van der Waals surface area contributed by atoms with E-state index in [0.29, 0.717) is 29.8 Å². The fourth-order valence-corrected chi connectivity index (χ4v) is 5.28. The Labute approximate surface area is 187 Å². The van der Waals surface area contributed by atoms with Crippen LogP contribution in [0.4, 0.5) is 0 Å². The highest BCUT2D eigenvalue weighted by Gasteiger charge is 2.27. The van der Waals surface area contributed by atoms with Crippen LogP contribution in [0.1, 0.15) is 44.7 Å². The van der Waals surface area contributed by atoms with Gasteiger partial charge in [-0.2, -0.15) is 4.31 Å². The standard InChI is InChI=1S/C25H24N2O4S/c28-24(20-8-2-1-3-9-20)22-10-4-5-11-23(22)25(29)26-18-19-12-14-21(15-13-19)32(30,31)27-16-6-7-17-27/h1-5,8-15H,6-7,16-18H2,(H,26,29). The lowest BCUT2D eigenvalue weighted by Crippen LogP contribution is -2.28. The maximum atomic E-state index is 12.8. The molecule has 0 atom stereocenters. The second-order valence-electron chi connectivity index (χ2n) is 7.68. The molecule has 164 valence electrons. The molecule has 1 heterocycles. The Kier molecular flexibility index (Phi) is 6.48. The molecule has 1 N–H and O–H groups in total. The molecule has 1 aliphatic heterocycles. The Morgan fingerprint density at radius 3 is 2.03 bits per heavy atom. The highest BCUT2D eigenvalue weighted by molar-refractivity contribution is 7.89. The van der Waals surface area contributed by atoms with E-state index >= 15 is 0 Å². The third-order valence-electron chi connectivity index (χ3n) is 5.53. The van der Waals surface area contributed by atoms with Crippen LogP contribution < -0.4 is 5.32 Å². The Morgan fingerprint density at radius 1 is 0.781 bits per heavy atom. The van der Waals surface area contributed by atoms with Crippen LogP contribution in [0.3, 0.4) is 0 Å². The smallest absolute Gasteiger partial charge is 0.252 e. The predicted molar refractivity (Wildman–Crippen MR) is 122 cm³/mol. The van der Waals surface area contributed by atoms with Gasteiger partial charge in [-0.1, -0.05) is 60.7 Å². The molecule has 1 saturated heterocycles. The molecule has 7 heteroatoms. The zero-order valence-corrected chi connectivity index (χ0v) is 18.3. The molecule has 4 rings (SSSR count). The van der Waals surface area contributed by atoms with E-state index < -0.39 is 10.0 Å². The molecule has 0 radical (unpaired) electrons. The number of nitrogens with zero attached hydrogens (tertiary/aromatic N) is 1. The van der Waals surface area contributed by atoms with Gasteiger partial charge in [-0.15, -0.1) is 0 Å². The van der Waals surface area contributed by atoms with Crippen LogP contribution in [0, 0.1) is 0 Å². The molecule has 0 saturated carbocycles. The quantitative estimate of drug-likeness (QED) is 0.560. The van der Waals surface area contributed by atoms with E-state index in [4.69, 9.17) is 0 Å². The highest BCUT2D eigenvalue weighted by atomic mass is 32.2. The summed E-state index contributed by atoms with van der Waals surface area (Å²) < 4.78 is 26.8. The lowest BCUT2D eigenvalue weighted by Gasteiger charge is -2.15. The van der Waals surface area contributed by atoms with Crippen molar-refractivity contribution in [1.82, 2.24) is 9.62 Å².